The van der Waals surface area contributed by atoms with Crippen LogP contribution in [0.5, 0.6) is 5.75 Å². The number of nitrogens with one attached hydrogen (secondary N) is 1. The van der Waals surface area contributed by atoms with E-state index in [1.54, 1.807) is 7.11 Å². The smallest absolute Gasteiger partial charge is 0.325 e. The molecule has 1 fully saturated rings. The van der Waals surface area contributed by atoms with E-state index < -0.39 is 12.0 Å². The van der Waals surface area contributed by atoms with Gasteiger partial charge in [0.15, 0.2) is 0 Å². The summed E-state index contributed by atoms with van der Waals surface area (Å²) in [6, 6.07) is 23.5. The molecule has 3 aromatic carbocycles. The zero-order valence-electron chi connectivity index (χ0n) is 19.5. The molecule has 1 aromatic heterocycles. The Bertz CT molecular complexity index is 1300. The van der Waals surface area contributed by atoms with Crippen LogP contribution in [0.4, 0.5) is 0 Å². The SMILES string of the molecule is COc1ccc2[nH]cc(C(C(=O)O)N3CCN(C(c4ccccc4)c4ccc(Cl)cc4)CC3)c2c1. The molecule has 0 spiro atoms. The van der Waals surface area contributed by atoms with Crippen molar-refractivity contribution in [1.82, 2.24) is 14.8 Å². The van der Waals surface area contributed by atoms with Gasteiger partial charge in [0.1, 0.15) is 11.8 Å². The van der Waals surface area contributed by atoms with Gasteiger partial charge in [-0.2, -0.15) is 0 Å². The van der Waals surface area contributed by atoms with Crippen molar-refractivity contribution >= 4 is 28.5 Å². The van der Waals surface area contributed by atoms with Crippen molar-refractivity contribution in [1.29, 1.82) is 0 Å². The molecule has 0 saturated carbocycles. The Balaban J connectivity index is 1.40. The molecule has 0 bridgehead atoms. The average Bonchev–Trinajstić information content (AvgIpc) is 3.29. The molecule has 35 heavy (non-hydrogen) atoms. The molecule has 2 atom stereocenters. The molecular weight excluding hydrogens is 462 g/mol. The summed E-state index contributed by atoms with van der Waals surface area (Å²) < 4.78 is 5.37. The summed E-state index contributed by atoms with van der Waals surface area (Å²) in [5.74, 6) is -0.138. The minimum Gasteiger partial charge on any atom is -0.497 e. The van der Waals surface area contributed by atoms with Crippen LogP contribution in [-0.4, -0.2) is 59.1 Å². The Kier molecular flexibility index (Phi) is 6.77. The minimum absolute atomic E-state index is 0.0799. The standard InChI is InChI=1S/C28H28ClN3O3/c1-35-22-11-12-25-23(17-22)24(18-30-25)27(28(33)34)32-15-13-31(14-16-32)26(19-5-3-2-4-6-19)20-7-9-21(29)10-8-20/h2-12,17-18,26-27,30H,13-16H2,1H3,(H,33,34). The Morgan fingerprint density at radius 2 is 1.60 bits per heavy atom. The van der Waals surface area contributed by atoms with Crippen LogP contribution >= 0.6 is 11.6 Å². The van der Waals surface area contributed by atoms with Gasteiger partial charge in [0.05, 0.1) is 13.2 Å². The van der Waals surface area contributed by atoms with Crippen LogP contribution in [0.3, 0.4) is 0 Å². The number of fused-ring (bicyclic) bond motifs is 1. The van der Waals surface area contributed by atoms with Gasteiger partial charge in [0.2, 0.25) is 0 Å². The molecular formula is C28H28ClN3O3. The number of hydrogen-bond donors (Lipinski definition) is 2. The maximum atomic E-state index is 12.5. The van der Waals surface area contributed by atoms with Crippen molar-refractivity contribution in [2.24, 2.45) is 0 Å². The first kappa shape index (κ1) is 23.4. The Labute approximate surface area is 209 Å². The van der Waals surface area contributed by atoms with E-state index in [9.17, 15) is 9.90 Å². The second-order valence-corrected chi connectivity index (χ2v) is 9.27. The fraction of sp³-hybridized carbons (Fsp3) is 0.250. The number of aliphatic carboxylic acids is 1. The van der Waals surface area contributed by atoms with Crippen LogP contribution in [0.2, 0.25) is 5.02 Å². The number of H-pyrrole nitrogens is 1. The van der Waals surface area contributed by atoms with Gasteiger partial charge in [-0.3, -0.25) is 14.6 Å². The monoisotopic (exact) mass is 489 g/mol. The lowest BCUT2D eigenvalue weighted by Crippen LogP contribution is -2.50. The fourth-order valence-electron chi connectivity index (χ4n) is 5.11. The molecule has 1 aliphatic heterocycles. The first-order valence-corrected chi connectivity index (χ1v) is 12.1. The highest BCUT2D eigenvalue weighted by Gasteiger charge is 2.34. The van der Waals surface area contributed by atoms with Crippen LogP contribution in [-0.2, 0) is 4.79 Å². The van der Waals surface area contributed by atoms with Gasteiger partial charge >= 0.3 is 5.97 Å². The molecule has 0 amide bonds. The maximum absolute atomic E-state index is 12.5. The van der Waals surface area contributed by atoms with Crippen molar-refractivity contribution in [3.05, 3.63) is 101 Å². The van der Waals surface area contributed by atoms with E-state index in [-0.39, 0.29) is 6.04 Å². The summed E-state index contributed by atoms with van der Waals surface area (Å²) in [5, 5.41) is 11.8. The number of aromatic amines is 1. The second-order valence-electron chi connectivity index (χ2n) is 8.83. The number of halogens is 1. The van der Waals surface area contributed by atoms with E-state index in [4.69, 9.17) is 16.3 Å². The second kappa shape index (κ2) is 10.1. The van der Waals surface area contributed by atoms with Gasteiger partial charge in [-0.15, -0.1) is 0 Å². The molecule has 5 rings (SSSR count). The maximum Gasteiger partial charge on any atom is 0.325 e. The average molecular weight is 490 g/mol. The van der Waals surface area contributed by atoms with Crippen molar-refractivity contribution in [3.63, 3.8) is 0 Å². The first-order chi connectivity index (χ1) is 17.0. The van der Waals surface area contributed by atoms with E-state index in [0.29, 0.717) is 23.9 Å². The number of carboxylic acid groups (broad SMARTS) is 1. The normalized spacial score (nSPS) is 16.7. The van der Waals surface area contributed by atoms with Crippen molar-refractivity contribution in [2.75, 3.05) is 33.3 Å². The lowest BCUT2D eigenvalue weighted by atomic mass is 9.96. The molecule has 2 heterocycles. The lowest BCUT2D eigenvalue weighted by molar-refractivity contribution is -0.144. The highest BCUT2D eigenvalue weighted by Crippen LogP contribution is 2.34. The van der Waals surface area contributed by atoms with Crippen LogP contribution in [0.1, 0.15) is 28.8 Å². The van der Waals surface area contributed by atoms with E-state index in [1.165, 1.54) is 11.1 Å². The summed E-state index contributed by atoms with van der Waals surface area (Å²) in [5.41, 5.74) is 4.05. The zero-order chi connectivity index (χ0) is 24.4. The molecule has 180 valence electrons. The minimum atomic E-state index is -0.848. The number of hydrogen-bond acceptors (Lipinski definition) is 4. The van der Waals surface area contributed by atoms with Gasteiger partial charge in [0, 0.05) is 53.9 Å². The number of benzene rings is 3. The van der Waals surface area contributed by atoms with Gasteiger partial charge in [-0.25, -0.2) is 0 Å². The van der Waals surface area contributed by atoms with Gasteiger partial charge in [-0.1, -0.05) is 54.1 Å². The third kappa shape index (κ3) is 4.78. The molecule has 6 nitrogen and oxygen atoms in total. The molecule has 4 aromatic rings. The Hall–Kier alpha value is -3.32. The number of carboxylic acids is 1. The number of ether oxygens (including phenoxy) is 1. The topological polar surface area (TPSA) is 68.8 Å². The van der Waals surface area contributed by atoms with Gasteiger partial charge in [0.25, 0.3) is 0 Å². The van der Waals surface area contributed by atoms with Crippen LogP contribution < -0.4 is 4.74 Å². The third-order valence-corrected chi connectivity index (χ3v) is 7.08. The Morgan fingerprint density at radius 1 is 0.943 bits per heavy atom. The fourth-order valence-corrected chi connectivity index (χ4v) is 5.23. The van der Waals surface area contributed by atoms with Gasteiger partial charge < -0.3 is 14.8 Å². The molecule has 2 unspecified atom stereocenters. The quantitative estimate of drug-likeness (QED) is 0.365. The van der Waals surface area contributed by atoms with Crippen molar-refractivity contribution < 1.29 is 14.6 Å². The predicted octanol–water partition coefficient (Wildman–Crippen LogP) is 5.36. The largest absolute Gasteiger partial charge is 0.497 e. The zero-order valence-corrected chi connectivity index (χ0v) is 20.3. The Morgan fingerprint density at radius 3 is 2.26 bits per heavy atom. The third-order valence-electron chi connectivity index (χ3n) is 6.83. The number of rotatable bonds is 7. The van der Waals surface area contributed by atoms with Crippen LogP contribution in [0.25, 0.3) is 10.9 Å². The molecule has 1 saturated heterocycles. The van der Waals surface area contributed by atoms with Crippen molar-refractivity contribution in [2.45, 2.75) is 12.1 Å². The highest BCUT2D eigenvalue weighted by molar-refractivity contribution is 6.30. The number of methoxy groups -OCH3 is 1. The van der Waals surface area contributed by atoms with Crippen molar-refractivity contribution in [3.8, 4) is 5.75 Å². The number of piperazine rings is 1. The summed E-state index contributed by atoms with van der Waals surface area (Å²) >= 11 is 6.15. The van der Waals surface area contributed by atoms with E-state index >= 15 is 0 Å². The van der Waals surface area contributed by atoms with E-state index in [1.807, 2.05) is 42.6 Å². The highest BCUT2D eigenvalue weighted by atomic mass is 35.5. The molecule has 0 aliphatic carbocycles. The molecule has 0 radical (unpaired) electrons. The number of nitrogens with zero attached hydrogens (tertiary/aromatic N) is 2. The molecule has 1 aliphatic rings. The summed E-state index contributed by atoms with van der Waals surface area (Å²) in [7, 11) is 1.62. The van der Waals surface area contributed by atoms with E-state index in [2.05, 4.69) is 51.2 Å². The van der Waals surface area contributed by atoms with Crippen LogP contribution in [0, 0.1) is 0 Å². The van der Waals surface area contributed by atoms with E-state index in [0.717, 1.165) is 29.6 Å². The number of aromatic nitrogens is 1. The lowest BCUT2D eigenvalue weighted by Gasteiger charge is -2.41. The first-order valence-electron chi connectivity index (χ1n) is 11.7. The summed E-state index contributed by atoms with van der Waals surface area (Å²) in [4.78, 5) is 20.2. The predicted molar refractivity (Wildman–Crippen MR) is 138 cm³/mol. The van der Waals surface area contributed by atoms with Crippen LogP contribution in [0.15, 0.2) is 79.0 Å². The molecule has 7 heteroatoms. The summed E-state index contributed by atoms with van der Waals surface area (Å²) in [6.45, 7) is 2.78. The number of carbonyl (C=O) groups is 1. The summed E-state index contributed by atoms with van der Waals surface area (Å²) in [6.07, 6.45) is 1.82. The van der Waals surface area contributed by atoms with Gasteiger partial charge in [-0.05, 0) is 41.5 Å². The molecule has 2 N–H and O–H groups in total.